The highest BCUT2D eigenvalue weighted by atomic mass is 16.3. The number of nitroso groups, excluding NO2 is 1. The molecule has 1 atom stereocenters. The summed E-state index contributed by atoms with van der Waals surface area (Å²) in [4.78, 5) is 9.82. The first-order valence-electron chi connectivity index (χ1n) is 2.87. The fourth-order valence-corrected chi connectivity index (χ4v) is 0.524. The molecule has 0 aromatic rings. The second-order valence-electron chi connectivity index (χ2n) is 1.74. The summed E-state index contributed by atoms with van der Waals surface area (Å²) in [6.07, 6.45) is 1.53. The van der Waals surface area contributed by atoms with Crippen LogP contribution in [0.4, 0.5) is 0 Å². The molecule has 0 aliphatic rings. The summed E-state index contributed by atoms with van der Waals surface area (Å²) in [5.74, 6) is 0. The van der Waals surface area contributed by atoms with Gasteiger partial charge in [-0.3, -0.25) is 0 Å². The van der Waals surface area contributed by atoms with E-state index in [2.05, 4.69) is 5.18 Å². The van der Waals surface area contributed by atoms with E-state index in [0.717, 1.165) is 12.8 Å². The van der Waals surface area contributed by atoms with Crippen LogP contribution >= 0.6 is 0 Å². The molecule has 8 heavy (non-hydrogen) atoms. The van der Waals surface area contributed by atoms with Crippen LogP contribution < -0.4 is 5.73 Å². The molecule has 0 amide bonds. The van der Waals surface area contributed by atoms with E-state index >= 15 is 0 Å². The van der Waals surface area contributed by atoms with Gasteiger partial charge in [0, 0.05) is 0 Å². The first kappa shape index (κ1) is 7.56. The van der Waals surface area contributed by atoms with Gasteiger partial charge in [-0.15, -0.1) is 0 Å². The highest BCUT2D eigenvalue weighted by molar-refractivity contribution is 4.62. The van der Waals surface area contributed by atoms with Crippen LogP contribution in [0.5, 0.6) is 0 Å². The molecule has 0 aliphatic heterocycles. The SMILES string of the molecule is CCC(CCN)N=O. The summed E-state index contributed by atoms with van der Waals surface area (Å²) in [7, 11) is 0. The van der Waals surface area contributed by atoms with Gasteiger partial charge in [0.1, 0.15) is 0 Å². The third-order valence-electron chi connectivity index (χ3n) is 1.12. The Bertz CT molecular complexity index is 65.4. The minimum atomic E-state index is -0.0556. The van der Waals surface area contributed by atoms with Crippen molar-refractivity contribution in [2.75, 3.05) is 6.54 Å². The maximum absolute atomic E-state index is 9.82. The van der Waals surface area contributed by atoms with Crippen LogP contribution in [0, 0.1) is 4.91 Å². The molecule has 2 N–H and O–H groups in total. The van der Waals surface area contributed by atoms with Gasteiger partial charge < -0.3 is 5.73 Å². The van der Waals surface area contributed by atoms with Gasteiger partial charge in [-0.05, 0) is 19.4 Å². The van der Waals surface area contributed by atoms with E-state index in [0.29, 0.717) is 6.54 Å². The van der Waals surface area contributed by atoms with Gasteiger partial charge in [0.15, 0.2) is 0 Å². The molecular formula is C5H12N2O. The summed E-state index contributed by atoms with van der Waals surface area (Å²) < 4.78 is 0. The zero-order valence-corrected chi connectivity index (χ0v) is 5.13. The third-order valence-corrected chi connectivity index (χ3v) is 1.12. The molecule has 3 heteroatoms. The van der Waals surface area contributed by atoms with Gasteiger partial charge in [0.05, 0.1) is 6.04 Å². The van der Waals surface area contributed by atoms with Gasteiger partial charge in [-0.2, -0.15) is 4.91 Å². The van der Waals surface area contributed by atoms with E-state index in [1.165, 1.54) is 0 Å². The van der Waals surface area contributed by atoms with Crippen molar-refractivity contribution in [3.63, 3.8) is 0 Å². The second kappa shape index (κ2) is 4.71. The first-order chi connectivity index (χ1) is 3.85. The lowest BCUT2D eigenvalue weighted by atomic mass is 10.2. The van der Waals surface area contributed by atoms with E-state index in [1.54, 1.807) is 0 Å². The molecule has 48 valence electrons. The topological polar surface area (TPSA) is 55.4 Å². The van der Waals surface area contributed by atoms with Crippen LogP contribution in [-0.2, 0) is 0 Å². The van der Waals surface area contributed by atoms with Crippen molar-refractivity contribution in [1.29, 1.82) is 0 Å². The highest BCUT2D eigenvalue weighted by Crippen LogP contribution is 1.99. The molecule has 0 aromatic carbocycles. The van der Waals surface area contributed by atoms with E-state index in [4.69, 9.17) is 5.73 Å². The smallest absolute Gasteiger partial charge is 0.0929 e. The summed E-state index contributed by atoms with van der Waals surface area (Å²) in [5.41, 5.74) is 5.18. The lowest BCUT2D eigenvalue weighted by molar-refractivity contribution is 0.602. The Morgan fingerprint density at radius 1 is 1.75 bits per heavy atom. The normalized spacial score (nSPS) is 13.2. The van der Waals surface area contributed by atoms with Crippen molar-refractivity contribution in [3.8, 4) is 0 Å². The molecule has 0 fully saturated rings. The van der Waals surface area contributed by atoms with E-state index in [1.807, 2.05) is 6.92 Å². The standard InChI is InChI=1S/C5H12N2O/c1-2-5(7-8)3-4-6/h5H,2-4,6H2,1H3. The predicted molar refractivity (Wildman–Crippen MR) is 33.5 cm³/mol. The van der Waals surface area contributed by atoms with E-state index in [9.17, 15) is 4.91 Å². The fourth-order valence-electron chi connectivity index (χ4n) is 0.524. The van der Waals surface area contributed by atoms with E-state index in [-0.39, 0.29) is 6.04 Å². The second-order valence-corrected chi connectivity index (χ2v) is 1.74. The zero-order valence-electron chi connectivity index (χ0n) is 5.13. The van der Waals surface area contributed by atoms with Crippen molar-refractivity contribution < 1.29 is 0 Å². The fraction of sp³-hybridized carbons (Fsp3) is 1.00. The highest BCUT2D eigenvalue weighted by Gasteiger charge is 2.01. The van der Waals surface area contributed by atoms with Crippen LogP contribution in [0.3, 0.4) is 0 Å². The van der Waals surface area contributed by atoms with Gasteiger partial charge in [0.2, 0.25) is 0 Å². The summed E-state index contributed by atoms with van der Waals surface area (Å²) in [5, 5.41) is 2.87. The molecule has 0 rings (SSSR count). The number of rotatable bonds is 4. The largest absolute Gasteiger partial charge is 0.330 e. The van der Waals surface area contributed by atoms with Crippen LogP contribution in [0.25, 0.3) is 0 Å². The lowest BCUT2D eigenvalue weighted by Crippen LogP contribution is -2.09. The molecule has 0 radical (unpaired) electrons. The molecule has 0 saturated heterocycles. The van der Waals surface area contributed by atoms with Crippen molar-refractivity contribution in [3.05, 3.63) is 4.91 Å². The Morgan fingerprint density at radius 3 is 2.50 bits per heavy atom. The monoisotopic (exact) mass is 116 g/mol. The van der Waals surface area contributed by atoms with Crippen LogP contribution in [-0.4, -0.2) is 12.6 Å². The van der Waals surface area contributed by atoms with Gasteiger partial charge >= 0.3 is 0 Å². The van der Waals surface area contributed by atoms with Gasteiger partial charge in [0.25, 0.3) is 0 Å². The molecular weight excluding hydrogens is 104 g/mol. The number of nitrogens with zero attached hydrogens (tertiary/aromatic N) is 1. The molecule has 0 bridgehead atoms. The molecule has 1 unspecified atom stereocenters. The van der Waals surface area contributed by atoms with Crippen LogP contribution in [0.2, 0.25) is 0 Å². The average Bonchev–Trinajstić information content (AvgIpc) is 1.83. The Labute approximate surface area is 49.2 Å². The molecule has 0 heterocycles. The maximum Gasteiger partial charge on any atom is 0.0929 e. The zero-order chi connectivity index (χ0) is 6.41. The number of hydrogen-bond acceptors (Lipinski definition) is 3. The minimum absolute atomic E-state index is 0.0556. The van der Waals surface area contributed by atoms with Crippen molar-refractivity contribution in [2.24, 2.45) is 10.9 Å². The Morgan fingerprint density at radius 2 is 2.38 bits per heavy atom. The summed E-state index contributed by atoms with van der Waals surface area (Å²) >= 11 is 0. The quantitative estimate of drug-likeness (QED) is 0.554. The minimum Gasteiger partial charge on any atom is -0.330 e. The average molecular weight is 116 g/mol. The van der Waals surface area contributed by atoms with Crippen molar-refractivity contribution in [1.82, 2.24) is 0 Å². The molecule has 0 aliphatic carbocycles. The third kappa shape index (κ3) is 2.69. The van der Waals surface area contributed by atoms with Crippen molar-refractivity contribution >= 4 is 0 Å². The molecule has 3 nitrogen and oxygen atoms in total. The first-order valence-corrected chi connectivity index (χ1v) is 2.87. The summed E-state index contributed by atoms with van der Waals surface area (Å²) in [6, 6.07) is -0.0556. The predicted octanol–water partition coefficient (Wildman–Crippen LogP) is 0.880. The van der Waals surface area contributed by atoms with Crippen LogP contribution in [0.15, 0.2) is 5.18 Å². The van der Waals surface area contributed by atoms with Gasteiger partial charge in [-0.1, -0.05) is 12.1 Å². The Kier molecular flexibility index (Phi) is 4.45. The summed E-state index contributed by atoms with van der Waals surface area (Å²) in [6.45, 7) is 2.49. The Balaban J connectivity index is 3.21. The number of nitrogens with two attached hydrogens (primary N) is 1. The van der Waals surface area contributed by atoms with Crippen LogP contribution in [0.1, 0.15) is 19.8 Å². The maximum atomic E-state index is 9.82. The number of hydrogen-bond donors (Lipinski definition) is 1. The Hall–Kier alpha value is -0.440. The van der Waals surface area contributed by atoms with Crippen molar-refractivity contribution in [2.45, 2.75) is 25.8 Å². The van der Waals surface area contributed by atoms with E-state index < -0.39 is 0 Å². The van der Waals surface area contributed by atoms with Gasteiger partial charge in [-0.25, -0.2) is 0 Å². The lowest BCUT2D eigenvalue weighted by Gasteiger charge is -1.99. The molecule has 0 spiro atoms. The molecule has 0 aromatic heterocycles. The molecule has 0 saturated carbocycles.